The molecule has 0 atom stereocenters. The molecule has 1 aliphatic heterocycles. The molecule has 5 nitrogen and oxygen atoms in total. The van der Waals surface area contributed by atoms with Gasteiger partial charge < -0.3 is 9.42 Å². The van der Waals surface area contributed by atoms with Crippen LogP contribution in [-0.4, -0.2) is 16.8 Å². The average Bonchev–Trinajstić information content (AvgIpc) is 3.07. The van der Waals surface area contributed by atoms with E-state index in [9.17, 15) is 4.79 Å². The van der Waals surface area contributed by atoms with Crippen molar-refractivity contribution in [3.8, 4) is 0 Å². The Balaban J connectivity index is 1.79. The summed E-state index contributed by atoms with van der Waals surface area (Å²) in [5, 5.41) is 4.90. The Morgan fingerprint density at radius 1 is 1.11 bits per heavy atom. The Kier molecular flexibility index (Phi) is 4.50. The third-order valence-electron chi connectivity index (χ3n) is 4.48. The Hall–Kier alpha value is -2.63. The van der Waals surface area contributed by atoms with E-state index in [1.165, 1.54) is 0 Å². The number of aryl methyl sites for hydroxylation is 2. The lowest BCUT2D eigenvalue weighted by Crippen LogP contribution is -2.29. The van der Waals surface area contributed by atoms with Gasteiger partial charge in [0.05, 0.1) is 23.6 Å². The molecule has 4 rings (SSSR count). The maximum absolute atomic E-state index is 13.2. The summed E-state index contributed by atoms with van der Waals surface area (Å²) in [5.74, 6) is 0.511. The van der Waals surface area contributed by atoms with Gasteiger partial charge in [0, 0.05) is 21.2 Å². The van der Waals surface area contributed by atoms with Gasteiger partial charge in [-0.15, -0.1) is 0 Å². The van der Waals surface area contributed by atoms with Gasteiger partial charge in [0.1, 0.15) is 11.5 Å². The first kappa shape index (κ1) is 17.8. The number of aromatic nitrogens is 1. The van der Waals surface area contributed by atoms with Crippen molar-refractivity contribution in [1.82, 2.24) is 5.16 Å². The number of para-hydroxylation sites is 1. The predicted octanol–water partition coefficient (Wildman–Crippen LogP) is 5.27. The van der Waals surface area contributed by atoms with E-state index in [0.29, 0.717) is 33.7 Å². The number of aliphatic imine (C=N–C) groups is 1. The second-order valence-corrected chi connectivity index (χ2v) is 7.17. The Morgan fingerprint density at radius 3 is 2.48 bits per heavy atom. The number of hydrogen-bond donors (Lipinski definition) is 0. The van der Waals surface area contributed by atoms with E-state index >= 15 is 0 Å². The van der Waals surface area contributed by atoms with Crippen LogP contribution < -0.4 is 4.90 Å². The molecule has 2 heterocycles. The van der Waals surface area contributed by atoms with E-state index in [1.807, 2.05) is 38.1 Å². The average molecular weight is 400 g/mol. The van der Waals surface area contributed by atoms with Crippen LogP contribution in [0.4, 0.5) is 11.4 Å². The molecule has 0 saturated heterocycles. The van der Waals surface area contributed by atoms with Crippen LogP contribution in [0.25, 0.3) is 0 Å². The Morgan fingerprint density at radius 2 is 1.81 bits per heavy atom. The Labute approximate surface area is 166 Å². The molecular weight excluding hydrogens is 385 g/mol. The lowest BCUT2D eigenvalue weighted by Gasteiger charge is -2.16. The largest absolute Gasteiger partial charge is 0.361 e. The zero-order chi connectivity index (χ0) is 19.1. The van der Waals surface area contributed by atoms with Crippen LogP contribution in [0, 0.1) is 13.8 Å². The summed E-state index contributed by atoms with van der Waals surface area (Å²) in [6.07, 6.45) is 0. The minimum absolute atomic E-state index is 0.188. The number of hydrogen-bond acceptors (Lipinski definition) is 4. The lowest BCUT2D eigenvalue weighted by molar-refractivity contribution is -0.112. The molecule has 7 heteroatoms. The van der Waals surface area contributed by atoms with Crippen molar-refractivity contribution in [2.24, 2.45) is 4.99 Å². The van der Waals surface area contributed by atoms with Crippen molar-refractivity contribution in [2.75, 3.05) is 4.90 Å². The fourth-order valence-electron chi connectivity index (χ4n) is 3.15. The normalized spacial score (nSPS) is 14.9. The van der Waals surface area contributed by atoms with Gasteiger partial charge in [-0.05, 0) is 38.1 Å². The van der Waals surface area contributed by atoms with Gasteiger partial charge in [0.2, 0.25) is 0 Å². The SMILES string of the molecule is Cc1noc(C)c1CN1C(=O)C(=Nc2cc(Cl)cc(Cl)c2)c2ccccc21. The van der Waals surface area contributed by atoms with Gasteiger partial charge in [-0.25, -0.2) is 4.99 Å². The lowest BCUT2D eigenvalue weighted by atomic mass is 10.1. The first-order valence-electron chi connectivity index (χ1n) is 8.32. The van der Waals surface area contributed by atoms with Gasteiger partial charge in [0.25, 0.3) is 5.91 Å². The second kappa shape index (κ2) is 6.83. The first-order valence-corrected chi connectivity index (χ1v) is 9.07. The van der Waals surface area contributed by atoms with Crippen molar-refractivity contribution >= 4 is 46.2 Å². The van der Waals surface area contributed by atoms with Crippen molar-refractivity contribution in [3.63, 3.8) is 0 Å². The summed E-state index contributed by atoms with van der Waals surface area (Å²) in [5.41, 5.74) is 4.12. The van der Waals surface area contributed by atoms with Crippen molar-refractivity contribution in [1.29, 1.82) is 0 Å². The quantitative estimate of drug-likeness (QED) is 0.602. The van der Waals surface area contributed by atoms with Crippen LogP contribution in [0.1, 0.15) is 22.6 Å². The molecular formula is C20H15Cl2N3O2. The summed E-state index contributed by atoms with van der Waals surface area (Å²) in [4.78, 5) is 19.4. The number of carbonyl (C=O) groups is 1. The summed E-state index contributed by atoms with van der Waals surface area (Å²) in [6, 6.07) is 12.5. The number of fused-ring (bicyclic) bond motifs is 1. The van der Waals surface area contributed by atoms with Crippen molar-refractivity contribution in [2.45, 2.75) is 20.4 Å². The second-order valence-electron chi connectivity index (χ2n) is 6.30. The molecule has 0 spiro atoms. The number of nitrogens with zero attached hydrogens (tertiary/aromatic N) is 3. The molecule has 1 amide bonds. The number of anilines is 1. The van der Waals surface area contributed by atoms with Crippen LogP contribution in [-0.2, 0) is 11.3 Å². The number of halogens is 2. The third-order valence-corrected chi connectivity index (χ3v) is 4.92. The topological polar surface area (TPSA) is 58.7 Å². The highest BCUT2D eigenvalue weighted by Crippen LogP contribution is 2.34. The summed E-state index contributed by atoms with van der Waals surface area (Å²) in [6.45, 7) is 4.07. The predicted molar refractivity (Wildman–Crippen MR) is 106 cm³/mol. The number of rotatable bonds is 3. The monoisotopic (exact) mass is 399 g/mol. The number of amides is 1. The molecule has 3 aromatic rings. The molecule has 136 valence electrons. The zero-order valence-electron chi connectivity index (χ0n) is 14.7. The molecule has 0 unspecified atom stereocenters. The van der Waals surface area contributed by atoms with Gasteiger partial charge in [-0.1, -0.05) is 46.6 Å². The Bertz CT molecular complexity index is 1050. The highest BCUT2D eigenvalue weighted by Gasteiger charge is 2.34. The molecule has 0 radical (unpaired) electrons. The fourth-order valence-corrected chi connectivity index (χ4v) is 3.66. The van der Waals surface area contributed by atoms with E-state index in [1.54, 1.807) is 23.1 Å². The minimum Gasteiger partial charge on any atom is -0.361 e. The van der Waals surface area contributed by atoms with Gasteiger partial charge in [-0.2, -0.15) is 0 Å². The summed E-state index contributed by atoms with van der Waals surface area (Å²) < 4.78 is 5.23. The van der Waals surface area contributed by atoms with Crippen LogP contribution in [0.15, 0.2) is 52.0 Å². The highest BCUT2D eigenvalue weighted by atomic mass is 35.5. The van der Waals surface area contributed by atoms with E-state index < -0.39 is 0 Å². The van der Waals surface area contributed by atoms with Crippen LogP contribution >= 0.6 is 23.2 Å². The number of carbonyl (C=O) groups excluding carboxylic acids is 1. The maximum atomic E-state index is 13.2. The molecule has 0 bridgehead atoms. The molecule has 0 aliphatic carbocycles. The molecule has 0 fully saturated rings. The third kappa shape index (κ3) is 3.24. The maximum Gasteiger partial charge on any atom is 0.277 e. The van der Waals surface area contributed by atoms with Crippen molar-refractivity contribution < 1.29 is 9.32 Å². The zero-order valence-corrected chi connectivity index (χ0v) is 16.2. The van der Waals surface area contributed by atoms with Gasteiger partial charge in [-0.3, -0.25) is 4.79 Å². The summed E-state index contributed by atoms with van der Waals surface area (Å²) in [7, 11) is 0. The smallest absolute Gasteiger partial charge is 0.277 e. The van der Waals surface area contributed by atoms with Gasteiger partial charge >= 0.3 is 0 Å². The van der Waals surface area contributed by atoms with E-state index in [2.05, 4.69) is 10.1 Å². The van der Waals surface area contributed by atoms with E-state index in [0.717, 1.165) is 22.5 Å². The van der Waals surface area contributed by atoms with Crippen molar-refractivity contribution in [3.05, 3.63) is 75.1 Å². The minimum atomic E-state index is -0.188. The molecule has 0 saturated carbocycles. The van der Waals surface area contributed by atoms with E-state index in [4.69, 9.17) is 27.7 Å². The highest BCUT2D eigenvalue weighted by molar-refractivity contribution is 6.54. The number of benzene rings is 2. The molecule has 1 aliphatic rings. The standard InChI is InChI=1S/C20H15Cl2N3O2/c1-11-17(12(2)27-24-11)10-25-18-6-4-3-5-16(18)19(20(25)26)23-15-8-13(21)7-14(22)9-15/h3-9H,10H2,1-2H3. The molecule has 2 aromatic carbocycles. The first-order chi connectivity index (χ1) is 12.9. The van der Waals surface area contributed by atoms with Crippen LogP contribution in [0.5, 0.6) is 0 Å². The fraction of sp³-hybridized carbons (Fsp3) is 0.150. The summed E-state index contributed by atoms with van der Waals surface area (Å²) >= 11 is 12.1. The van der Waals surface area contributed by atoms with Crippen LogP contribution in [0.3, 0.4) is 0 Å². The molecule has 0 N–H and O–H groups in total. The molecule has 1 aromatic heterocycles. The van der Waals surface area contributed by atoms with Gasteiger partial charge in [0.15, 0.2) is 0 Å². The van der Waals surface area contributed by atoms with Crippen LogP contribution in [0.2, 0.25) is 10.0 Å². The molecule has 27 heavy (non-hydrogen) atoms. The van der Waals surface area contributed by atoms with E-state index in [-0.39, 0.29) is 5.91 Å².